The first-order valence-electron chi connectivity index (χ1n) is 34.7. The molecule has 0 spiro atoms. The van der Waals surface area contributed by atoms with E-state index in [1.54, 1.807) is 11.3 Å². The lowest BCUT2D eigenvalue weighted by atomic mass is 9.36. The van der Waals surface area contributed by atoms with Gasteiger partial charge in [0.15, 0.2) is 0 Å². The highest BCUT2D eigenvalue weighted by molar-refractivity contribution is 7.34. The van der Waals surface area contributed by atoms with Gasteiger partial charge >= 0.3 is 0 Å². The van der Waals surface area contributed by atoms with Gasteiger partial charge in [0.05, 0.1) is 21.2 Å². The summed E-state index contributed by atoms with van der Waals surface area (Å²) in [6.45, 7) is 20.0. The van der Waals surface area contributed by atoms with Gasteiger partial charge < -0.3 is 9.80 Å². The number of fused-ring (bicyclic) bond motifs is 6. The second-order valence-corrected chi connectivity index (χ2v) is 30.5. The van der Waals surface area contributed by atoms with Crippen LogP contribution in [0, 0.1) is 0 Å². The number of thiophene rings is 1. The van der Waals surface area contributed by atoms with E-state index in [2.05, 4.69) is 327 Å². The van der Waals surface area contributed by atoms with Crippen molar-refractivity contribution in [3.8, 4) is 66.8 Å². The molecule has 458 valence electrons. The standard InChI is InChI=1S/C90H72BClN2S/c1-88(2,3)62-48-72(55-26-14-10-15-27-55)83(73(49-62)56-28-16-11-17-29-56)93-77-54-65(92)44-47-76(77)91-82-78(93)52-64(90(7,8)9)53-79(82)94(84-74(57-30-18-12-19-31-57)50-63(89(4,5)6)51-75(84)58-32-20-13-21-33-58)85-71-39-25-38-70(86(71)95-87(85)91)67-37-23-22-36-66(67)68-45-42-61-41-40-59-34-24-35-60-43-46-69(68)81(61)80(59)60/h10-54H,1-9H3/i44D,47D,54D. The topological polar surface area (TPSA) is 6.48 Å². The monoisotopic (exact) mass is 1260 g/mol. The highest BCUT2D eigenvalue weighted by Crippen LogP contribution is 2.58. The van der Waals surface area contributed by atoms with Crippen molar-refractivity contribution in [3.05, 3.63) is 295 Å². The van der Waals surface area contributed by atoms with Crippen LogP contribution in [0.25, 0.3) is 109 Å². The van der Waals surface area contributed by atoms with Gasteiger partial charge in [0, 0.05) is 64.8 Å². The molecule has 2 aliphatic rings. The van der Waals surface area contributed by atoms with E-state index in [9.17, 15) is 4.11 Å². The van der Waals surface area contributed by atoms with Crippen LogP contribution >= 0.6 is 22.9 Å². The third-order valence-electron chi connectivity index (χ3n) is 20.1. The summed E-state index contributed by atoms with van der Waals surface area (Å²) in [6, 6.07) is 93.5. The number of anilines is 6. The Hall–Kier alpha value is -9.97. The number of nitrogens with zero attached hydrogens (tertiary/aromatic N) is 2. The predicted octanol–water partition coefficient (Wildman–Crippen LogP) is 24.4. The van der Waals surface area contributed by atoms with E-state index in [1.165, 1.54) is 43.4 Å². The van der Waals surface area contributed by atoms with E-state index in [-0.39, 0.29) is 34.0 Å². The first kappa shape index (κ1) is 55.5. The molecule has 95 heavy (non-hydrogen) atoms. The van der Waals surface area contributed by atoms with Crippen molar-refractivity contribution in [2.24, 2.45) is 0 Å². The van der Waals surface area contributed by atoms with Crippen molar-refractivity contribution in [2.45, 2.75) is 78.6 Å². The molecule has 2 aliphatic heterocycles. The van der Waals surface area contributed by atoms with Crippen molar-refractivity contribution in [1.82, 2.24) is 0 Å². The number of benzene rings is 14. The van der Waals surface area contributed by atoms with Crippen LogP contribution in [-0.2, 0) is 16.2 Å². The average molecular weight is 1260 g/mol. The van der Waals surface area contributed by atoms with Crippen molar-refractivity contribution in [3.63, 3.8) is 0 Å². The zero-order chi connectivity index (χ0) is 67.4. The second-order valence-electron chi connectivity index (χ2n) is 29.0. The van der Waals surface area contributed by atoms with E-state index in [1.807, 2.05) is 0 Å². The number of halogens is 1. The highest BCUT2D eigenvalue weighted by Gasteiger charge is 2.48. The number of hydrogen-bond acceptors (Lipinski definition) is 3. The van der Waals surface area contributed by atoms with Crippen LogP contribution in [0.4, 0.5) is 34.1 Å². The first-order chi connectivity index (χ1) is 47.2. The maximum absolute atomic E-state index is 10.7. The molecule has 0 bridgehead atoms. The average Bonchev–Trinajstić information content (AvgIpc) is 1.10. The van der Waals surface area contributed by atoms with Crippen LogP contribution in [-0.4, -0.2) is 6.71 Å². The van der Waals surface area contributed by atoms with Gasteiger partial charge in [-0.15, -0.1) is 11.3 Å². The van der Waals surface area contributed by atoms with Gasteiger partial charge in [0.2, 0.25) is 0 Å². The second kappa shape index (κ2) is 22.1. The Balaban J connectivity index is 1.06. The van der Waals surface area contributed by atoms with Gasteiger partial charge in [-0.25, -0.2) is 0 Å². The molecule has 2 nitrogen and oxygen atoms in total. The number of hydrogen-bond donors (Lipinski definition) is 0. The summed E-state index contributed by atoms with van der Waals surface area (Å²) in [5.41, 5.74) is 22.2. The fourth-order valence-electron chi connectivity index (χ4n) is 15.3. The zero-order valence-corrected chi connectivity index (χ0v) is 56.6. The quantitative estimate of drug-likeness (QED) is 0.111. The Kier molecular flexibility index (Phi) is 12.9. The van der Waals surface area contributed by atoms with Crippen LogP contribution < -0.4 is 25.5 Å². The maximum Gasteiger partial charge on any atom is 0.264 e. The Morgan fingerprint density at radius 2 is 0.779 bits per heavy atom. The third-order valence-corrected chi connectivity index (χ3v) is 21.5. The van der Waals surface area contributed by atoms with E-state index in [0.717, 1.165) is 121 Å². The molecule has 0 N–H and O–H groups in total. The smallest absolute Gasteiger partial charge is 0.264 e. The van der Waals surface area contributed by atoms with Gasteiger partial charge in [-0.2, -0.15) is 0 Å². The molecule has 0 unspecified atom stereocenters. The van der Waals surface area contributed by atoms with Gasteiger partial charge in [0.25, 0.3) is 6.71 Å². The van der Waals surface area contributed by atoms with Gasteiger partial charge in [-0.3, -0.25) is 0 Å². The molecular weight excluding hydrogens is 1190 g/mol. The SMILES string of the molecule is [2H]c1c([2H])c2c(c([2H])c1Cl)N(c1c(-c3ccccc3)cc(C(C)(C)C)cc1-c1ccccc1)c1cc(C(C)(C)C)cc3c1B2c1sc2c(-c4ccccc4-c4ccc5ccc6cccc7ccc4c5c67)cccc2c1N3c1c(-c2ccccc2)cc(C(C)(C)C)cc1-c1ccccc1. The summed E-state index contributed by atoms with van der Waals surface area (Å²) < 4.78 is 33.6. The Bertz CT molecular complexity index is 5610. The van der Waals surface area contributed by atoms with Crippen LogP contribution in [0.2, 0.25) is 5.02 Å². The van der Waals surface area contributed by atoms with Crippen molar-refractivity contribution >= 4 is 122 Å². The van der Waals surface area contributed by atoms with Gasteiger partial charge in [0.1, 0.15) is 0 Å². The summed E-state index contributed by atoms with van der Waals surface area (Å²) in [6.07, 6.45) is 0. The van der Waals surface area contributed by atoms with Crippen molar-refractivity contribution < 1.29 is 4.11 Å². The Labute approximate surface area is 572 Å². The molecule has 1 aromatic heterocycles. The van der Waals surface area contributed by atoms with Gasteiger partial charge in [-0.1, -0.05) is 298 Å². The maximum atomic E-state index is 10.7. The molecule has 0 fully saturated rings. The third kappa shape index (κ3) is 9.57. The number of rotatable bonds is 8. The van der Waals surface area contributed by atoms with Crippen LogP contribution in [0.3, 0.4) is 0 Å². The fraction of sp³-hybridized carbons (Fsp3) is 0.133. The van der Waals surface area contributed by atoms with E-state index in [4.69, 9.17) is 11.6 Å². The minimum absolute atomic E-state index is 0.00208. The molecule has 5 heteroatoms. The summed E-state index contributed by atoms with van der Waals surface area (Å²) >= 11 is 9.29. The molecule has 0 amide bonds. The largest absolute Gasteiger partial charge is 0.310 e. The molecule has 3 heterocycles. The van der Waals surface area contributed by atoms with E-state index >= 15 is 0 Å². The Morgan fingerprint density at radius 1 is 0.358 bits per heavy atom. The summed E-state index contributed by atoms with van der Waals surface area (Å²) in [5, 5.41) is 8.46. The Morgan fingerprint density at radius 3 is 1.29 bits per heavy atom. The lowest BCUT2D eigenvalue weighted by Gasteiger charge is -2.46. The molecule has 14 aromatic carbocycles. The lowest BCUT2D eigenvalue weighted by Crippen LogP contribution is -2.60. The summed E-state index contributed by atoms with van der Waals surface area (Å²) in [5.74, 6) is 0. The predicted molar refractivity (Wildman–Crippen MR) is 413 cm³/mol. The highest BCUT2D eigenvalue weighted by atomic mass is 35.5. The van der Waals surface area contributed by atoms with Crippen molar-refractivity contribution in [1.29, 1.82) is 0 Å². The normalized spacial score (nSPS) is 13.5. The first-order valence-corrected chi connectivity index (χ1v) is 34.4. The molecule has 17 rings (SSSR count). The minimum atomic E-state index is -0.647. The van der Waals surface area contributed by atoms with Crippen LogP contribution in [0.1, 0.15) is 83.1 Å². The summed E-state index contributed by atoms with van der Waals surface area (Å²) in [4.78, 5) is 4.94. The molecule has 0 saturated heterocycles. The van der Waals surface area contributed by atoms with Crippen molar-refractivity contribution in [2.75, 3.05) is 9.80 Å². The van der Waals surface area contributed by atoms with E-state index < -0.39 is 12.1 Å². The van der Waals surface area contributed by atoms with E-state index in [0.29, 0.717) is 11.2 Å². The van der Waals surface area contributed by atoms with Crippen LogP contribution in [0.5, 0.6) is 0 Å². The molecule has 0 radical (unpaired) electrons. The van der Waals surface area contributed by atoms with Crippen LogP contribution in [0.15, 0.2) is 273 Å². The lowest BCUT2D eigenvalue weighted by molar-refractivity contribution is 0.590. The fourth-order valence-corrected chi connectivity index (χ4v) is 16.8. The molecular formula is C90H72BClN2S. The molecule has 0 atom stereocenters. The van der Waals surface area contributed by atoms with Gasteiger partial charge in [-0.05, 0) is 164 Å². The zero-order valence-electron chi connectivity index (χ0n) is 58.0. The molecule has 15 aromatic rings. The summed E-state index contributed by atoms with van der Waals surface area (Å²) in [7, 11) is 0. The minimum Gasteiger partial charge on any atom is -0.310 e. The molecule has 0 saturated carbocycles. The molecule has 0 aliphatic carbocycles.